The van der Waals surface area contributed by atoms with Gasteiger partial charge in [0.05, 0.1) is 0 Å². The minimum absolute atomic E-state index is 0.320. The third-order valence-electron chi connectivity index (χ3n) is 3.59. The topological polar surface area (TPSA) is 58.2 Å². The molecule has 2 N–H and O–H groups in total. The highest BCUT2D eigenvalue weighted by molar-refractivity contribution is 6.35. The van der Waals surface area contributed by atoms with Crippen LogP contribution in [-0.2, 0) is 0 Å². The van der Waals surface area contributed by atoms with Gasteiger partial charge in [-0.1, -0.05) is 46.9 Å². The van der Waals surface area contributed by atoms with Crippen molar-refractivity contribution in [2.45, 2.75) is 0 Å². The van der Waals surface area contributed by atoms with Crippen LogP contribution in [0.3, 0.4) is 0 Å². The SMILES string of the molecule is O=C(Nc1cccc(C(=O)Nc2cccc(Cl)c2)c1)c1cc(Cl)cc(Cl)c1. The molecule has 0 heterocycles. The summed E-state index contributed by atoms with van der Waals surface area (Å²) < 4.78 is 0. The molecule has 3 rings (SSSR count). The second-order valence-electron chi connectivity index (χ2n) is 5.66. The number of hydrogen-bond donors (Lipinski definition) is 2. The van der Waals surface area contributed by atoms with Crippen molar-refractivity contribution in [3.63, 3.8) is 0 Å². The van der Waals surface area contributed by atoms with Crippen LogP contribution in [0.1, 0.15) is 20.7 Å². The van der Waals surface area contributed by atoms with E-state index in [-0.39, 0.29) is 11.8 Å². The predicted octanol–water partition coefficient (Wildman–Crippen LogP) is 6.15. The van der Waals surface area contributed by atoms with Crippen LogP contribution < -0.4 is 10.6 Å². The normalized spacial score (nSPS) is 10.3. The van der Waals surface area contributed by atoms with Gasteiger partial charge < -0.3 is 10.6 Å². The molecular formula is C20H13Cl3N2O2. The largest absolute Gasteiger partial charge is 0.322 e. The smallest absolute Gasteiger partial charge is 0.255 e. The van der Waals surface area contributed by atoms with Gasteiger partial charge in [0.15, 0.2) is 0 Å². The molecule has 0 aliphatic heterocycles. The van der Waals surface area contributed by atoms with E-state index < -0.39 is 0 Å². The highest BCUT2D eigenvalue weighted by Gasteiger charge is 2.11. The summed E-state index contributed by atoms with van der Waals surface area (Å²) in [4.78, 5) is 24.8. The molecule has 7 heteroatoms. The number of rotatable bonds is 4. The van der Waals surface area contributed by atoms with Crippen LogP contribution in [0, 0.1) is 0 Å². The van der Waals surface area contributed by atoms with Gasteiger partial charge in [-0.05, 0) is 54.6 Å². The van der Waals surface area contributed by atoms with Gasteiger partial charge in [-0.3, -0.25) is 9.59 Å². The van der Waals surface area contributed by atoms with E-state index in [4.69, 9.17) is 34.8 Å². The van der Waals surface area contributed by atoms with E-state index in [1.54, 1.807) is 54.6 Å². The standard InChI is InChI=1S/C20H13Cl3N2O2/c21-14-4-2-6-18(11-14)25-19(26)12-3-1-5-17(9-12)24-20(27)13-7-15(22)10-16(23)8-13/h1-11H,(H,24,27)(H,25,26). The maximum absolute atomic E-state index is 12.4. The van der Waals surface area contributed by atoms with Crippen molar-refractivity contribution in [1.29, 1.82) is 0 Å². The van der Waals surface area contributed by atoms with E-state index in [1.807, 2.05) is 0 Å². The summed E-state index contributed by atoms with van der Waals surface area (Å²) in [5.41, 5.74) is 1.75. The Morgan fingerprint density at radius 1 is 0.593 bits per heavy atom. The summed E-state index contributed by atoms with van der Waals surface area (Å²) in [5.74, 6) is -0.703. The monoisotopic (exact) mass is 418 g/mol. The number of halogens is 3. The number of benzene rings is 3. The molecule has 2 amide bonds. The minimum atomic E-state index is -0.383. The van der Waals surface area contributed by atoms with E-state index in [0.717, 1.165) is 0 Å². The molecule has 0 aliphatic carbocycles. The van der Waals surface area contributed by atoms with Crippen molar-refractivity contribution >= 4 is 58.0 Å². The summed E-state index contributed by atoms with van der Waals surface area (Å²) in [6, 6.07) is 18.0. The summed E-state index contributed by atoms with van der Waals surface area (Å²) in [7, 11) is 0. The summed E-state index contributed by atoms with van der Waals surface area (Å²) in [5, 5.41) is 6.73. The second kappa shape index (κ2) is 8.44. The van der Waals surface area contributed by atoms with Gasteiger partial charge in [0.25, 0.3) is 11.8 Å². The van der Waals surface area contributed by atoms with Crippen molar-refractivity contribution < 1.29 is 9.59 Å². The Morgan fingerprint density at radius 2 is 1.15 bits per heavy atom. The van der Waals surface area contributed by atoms with Crippen LogP contribution in [0.4, 0.5) is 11.4 Å². The van der Waals surface area contributed by atoms with Crippen LogP contribution in [0.2, 0.25) is 15.1 Å². The first-order chi connectivity index (χ1) is 12.9. The lowest BCUT2D eigenvalue weighted by molar-refractivity contribution is 0.101. The Kier molecular flexibility index (Phi) is 6.01. The first-order valence-electron chi connectivity index (χ1n) is 7.85. The molecule has 4 nitrogen and oxygen atoms in total. The molecule has 0 aliphatic rings. The number of carbonyl (C=O) groups is 2. The minimum Gasteiger partial charge on any atom is -0.322 e. The van der Waals surface area contributed by atoms with E-state index >= 15 is 0 Å². The zero-order valence-corrected chi connectivity index (χ0v) is 16.1. The molecule has 0 saturated heterocycles. The van der Waals surface area contributed by atoms with Crippen molar-refractivity contribution in [2.24, 2.45) is 0 Å². The van der Waals surface area contributed by atoms with E-state index in [9.17, 15) is 9.59 Å². The third kappa shape index (κ3) is 5.23. The van der Waals surface area contributed by atoms with Gasteiger partial charge in [0, 0.05) is 37.6 Å². The van der Waals surface area contributed by atoms with E-state index in [1.165, 1.54) is 12.1 Å². The summed E-state index contributed by atoms with van der Waals surface area (Å²) in [6.45, 7) is 0. The van der Waals surface area contributed by atoms with Crippen LogP contribution in [-0.4, -0.2) is 11.8 Å². The fraction of sp³-hybridized carbons (Fsp3) is 0. The summed E-state index contributed by atoms with van der Waals surface area (Å²) >= 11 is 17.8. The molecule has 0 atom stereocenters. The van der Waals surface area contributed by atoms with Gasteiger partial charge in [-0.2, -0.15) is 0 Å². The molecule has 3 aromatic carbocycles. The number of anilines is 2. The van der Waals surface area contributed by atoms with Crippen molar-refractivity contribution in [3.05, 3.63) is 92.9 Å². The fourth-order valence-corrected chi connectivity index (χ4v) is 3.11. The fourth-order valence-electron chi connectivity index (χ4n) is 2.40. The van der Waals surface area contributed by atoms with Crippen LogP contribution in [0.15, 0.2) is 66.7 Å². The van der Waals surface area contributed by atoms with Crippen molar-refractivity contribution in [1.82, 2.24) is 0 Å². The predicted molar refractivity (Wildman–Crippen MR) is 110 cm³/mol. The first kappa shape index (κ1) is 19.2. The molecule has 0 radical (unpaired) electrons. The van der Waals surface area contributed by atoms with Gasteiger partial charge in [-0.25, -0.2) is 0 Å². The highest BCUT2D eigenvalue weighted by Crippen LogP contribution is 2.21. The molecule has 0 unspecified atom stereocenters. The zero-order chi connectivity index (χ0) is 19.4. The van der Waals surface area contributed by atoms with Crippen molar-refractivity contribution in [2.75, 3.05) is 10.6 Å². The quantitative estimate of drug-likeness (QED) is 0.533. The lowest BCUT2D eigenvalue weighted by Crippen LogP contribution is -2.14. The van der Waals surface area contributed by atoms with Crippen LogP contribution in [0.5, 0.6) is 0 Å². The molecule has 0 fully saturated rings. The van der Waals surface area contributed by atoms with Gasteiger partial charge in [0.1, 0.15) is 0 Å². The Bertz CT molecular complexity index is 1000. The van der Waals surface area contributed by atoms with E-state index in [2.05, 4.69) is 10.6 Å². The number of hydrogen-bond acceptors (Lipinski definition) is 2. The average Bonchev–Trinajstić information content (AvgIpc) is 2.61. The molecule has 0 spiro atoms. The highest BCUT2D eigenvalue weighted by atomic mass is 35.5. The molecular weight excluding hydrogens is 407 g/mol. The lowest BCUT2D eigenvalue weighted by atomic mass is 10.1. The Morgan fingerprint density at radius 3 is 1.78 bits per heavy atom. The second-order valence-corrected chi connectivity index (χ2v) is 6.97. The van der Waals surface area contributed by atoms with E-state index in [0.29, 0.717) is 37.6 Å². The summed E-state index contributed by atoms with van der Waals surface area (Å²) in [6.07, 6.45) is 0. The Hall–Kier alpha value is -2.53. The molecule has 136 valence electrons. The first-order valence-corrected chi connectivity index (χ1v) is 8.98. The van der Waals surface area contributed by atoms with Gasteiger partial charge >= 0.3 is 0 Å². The maximum atomic E-state index is 12.4. The average molecular weight is 420 g/mol. The van der Waals surface area contributed by atoms with Gasteiger partial charge in [-0.15, -0.1) is 0 Å². The lowest BCUT2D eigenvalue weighted by Gasteiger charge is -2.09. The Labute approximate surface area is 171 Å². The Balaban J connectivity index is 1.75. The number of nitrogens with one attached hydrogen (secondary N) is 2. The molecule has 0 bridgehead atoms. The molecule has 0 saturated carbocycles. The molecule has 27 heavy (non-hydrogen) atoms. The van der Waals surface area contributed by atoms with Gasteiger partial charge in [0.2, 0.25) is 0 Å². The van der Waals surface area contributed by atoms with Crippen LogP contribution in [0.25, 0.3) is 0 Å². The molecule has 3 aromatic rings. The third-order valence-corrected chi connectivity index (χ3v) is 4.26. The van der Waals surface area contributed by atoms with Crippen molar-refractivity contribution in [3.8, 4) is 0 Å². The van der Waals surface area contributed by atoms with Crippen LogP contribution >= 0.6 is 34.8 Å². The number of carbonyl (C=O) groups excluding carboxylic acids is 2. The molecule has 0 aromatic heterocycles. The zero-order valence-electron chi connectivity index (χ0n) is 13.8. The maximum Gasteiger partial charge on any atom is 0.255 e. The number of amides is 2.